The molecule has 9 nitrogen and oxygen atoms in total. The first-order valence-corrected chi connectivity index (χ1v) is 16.7. The van der Waals surface area contributed by atoms with Crippen molar-refractivity contribution < 1.29 is 33.2 Å². The number of likely N-dealkylation sites (N-methyl/N-ethyl adjacent to an activating group) is 2. The number of hydrogen-bond donors (Lipinski definition) is 0. The summed E-state index contributed by atoms with van der Waals surface area (Å²) in [5, 5.41) is 0. The van der Waals surface area contributed by atoms with Gasteiger partial charge in [-0.2, -0.15) is 0 Å². The Morgan fingerprint density at radius 3 is 2.15 bits per heavy atom. The highest BCUT2D eigenvalue weighted by Gasteiger charge is 2.38. The number of methoxy groups -OCH3 is 5. The Morgan fingerprint density at radius 2 is 1.44 bits per heavy atom. The first kappa shape index (κ1) is 32.2. The van der Waals surface area contributed by atoms with Gasteiger partial charge in [0.2, 0.25) is 11.5 Å². The second kappa shape index (κ2) is 13.3. The summed E-state index contributed by atoms with van der Waals surface area (Å²) >= 11 is 0. The second-order valence-electron chi connectivity index (χ2n) is 13.1. The zero-order valence-corrected chi connectivity index (χ0v) is 29.1. The maximum atomic E-state index is 7.09. The minimum Gasteiger partial charge on any atom is -0.497 e. The molecule has 3 aromatic carbocycles. The molecule has 0 aromatic heterocycles. The summed E-state index contributed by atoms with van der Waals surface area (Å²) in [5.41, 5.74) is 7.09. The molecule has 5 aliphatic rings. The summed E-state index contributed by atoms with van der Waals surface area (Å²) in [6.45, 7) is 1.80. The van der Waals surface area contributed by atoms with Gasteiger partial charge in [0, 0.05) is 42.7 Å². The molecule has 4 heterocycles. The van der Waals surface area contributed by atoms with Crippen LogP contribution in [0.25, 0.3) is 0 Å². The quantitative estimate of drug-likeness (QED) is 0.295. The van der Waals surface area contributed by atoms with E-state index in [0.717, 1.165) is 61.4 Å². The van der Waals surface area contributed by atoms with E-state index in [-0.39, 0.29) is 18.2 Å². The average molecular weight is 655 g/mol. The molecule has 0 spiro atoms. The zero-order valence-electron chi connectivity index (χ0n) is 29.1. The highest BCUT2D eigenvalue weighted by atomic mass is 16.6. The van der Waals surface area contributed by atoms with E-state index in [4.69, 9.17) is 33.2 Å². The molecule has 0 N–H and O–H groups in total. The van der Waals surface area contributed by atoms with Gasteiger partial charge in [0.1, 0.15) is 11.5 Å². The monoisotopic (exact) mass is 654 g/mol. The first-order valence-electron chi connectivity index (χ1n) is 16.7. The third-order valence-corrected chi connectivity index (χ3v) is 10.5. The Morgan fingerprint density at radius 1 is 0.708 bits per heavy atom. The van der Waals surface area contributed by atoms with Gasteiger partial charge in [-0.05, 0) is 86.8 Å². The van der Waals surface area contributed by atoms with Crippen molar-refractivity contribution in [3.05, 3.63) is 87.7 Å². The Labute approximate surface area is 283 Å². The van der Waals surface area contributed by atoms with E-state index in [2.05, 4.69) is 66.4 Å². The van der Waals surface area contributed by atoms with Gasteiger partial charge in [0.05, 0.1) is 35.5 Å². The number of nitrogens with zero attached hydrogens (tertiary/aromatic N) is 2. The number of ether oxygens (including phenoxy) is 7. The number of rotatable bonds is 5. The van der Waals surface area contributed by atoms with Crippen LogP contribution in [0.15, 0.2) is 59.9 Å². The van der Waals surface area contributed by atoms with Crippen molar-refractivity contribution in [2.24, 2.45) is 0 Å². The van der Waals surface area contributed by atoms with Crippen LogP contribution in [0.4, 0.5) is 0 Å². The van der Waals surface area contributed by atoms with E-state index in [1.165, 1.54) is 22.3 Å². The van der Waals surface area contributed by atoms with Crippen LogP contribution in [0, 0.1) is 0 Å². The number of allylic oxidation sites excluding steroid dienone is 2. The van der Waals surface area contributed by atoms with E-state index >= 15 is 0 Å². The molecule has 4 aliphatic heterocycles. The summed E-state index contributed by atoms with van der Waals surface area (Å²) in [6, 6.07) is 13.0. The van der Waals surface area contributed by atoms with Crippen molar-refractivity contribution in [1.29, 1.82) is 0 Å². The molecule has 0 radical (unpaired) electrons. The van der Waals surface area contributed by atoms with Crippen molar-refractivity contribution >= 4 is 0 Å². The lowest BCUT2D eigenvalue weighted by Gasteiger charge is -2.39. The normalized spacial score (nSPS) is 22.1. The van der Waals surface area contributed by atoms with Gasteiger partial charge in [0.15, 0.2) is 29.1 Å². The summed E-state index contributed by atoms with van der Waals surface area (Å²) in [5.74, 6) is 5.30. The predicted octanol–water partition coefficient (Wildman–Crippen LogP) is 6.83. The molecule has 0 saturated carbocycles. The smallest absolute Gasteiger partial charge is 0.208 e. The average Bonchev–Trinajstić information content (AvgIpc) is 3.10. The van der Waals surface area contributed by atoms with Crippen LogP contribution in [0.1, 0.15) is 52.7 Å². The van der Waals surface area contributed by atoms with E-state index in [1.54, 1.807) is 35.5 Å². The first-order chi connectivity index (χ1) is 23.4. The van der Waals surface area contributed by atoms with Crippen molar-refractivity contribution in [3.8, 4) is 40.2 Å². The van der Waals surface area contributed by atoms with E-state index < -0.39 is 0 Å². The highest BCUT2D eigenvalue weighted by molar-refractivity contribution is 5.70. The lowest BCUT2D eigenvalue weighted by Crippen LogP contribution is -2.34. The molecule has 48 heavy (non-hydrogen) atoms. The Hall–Kier alpha value is -4.34. The van der Waals surface area contributed by atoms with E-state index in [9.17, 15) is 0 Å². The minimum atomic E-state index is -0.236. The third kappa shape index (κ3) is 5.62. The largest absolute Gasteiger partial charge is 0.497 e. The molecular weight excluding hydrogens is 608 g/mol. The van der Waals surface area contributed by atoms with Gasteiger partial charge in [-0.1, -0.05) is 23.8 Å². The minimum absolute atomic E-state index is 0.0393. The van der Waals surface area contributed by atoms with Crippen LogP contribution in [0.2, 0.25) is 0 Å². The fourth-order valence-electron chi connectivity index (χ4n) is 7.89. The lowest BCUT2D eigenvalue weighted by atomic mass is 9.84. The standard InChI is InChI=1S/C39H46N2O7/c1-40-16-14-25-21-32(43-4)34-22-28(25)29(40)18-23-8-11-26(12-9-23)47-33-20-24(10-13-31(33)42-3)19-30-35-27(15-17-41(30)2)36(44-5)38(45-6)39(46-7)37(35)48-34/h8-13,21-22,29-30,33H,14-20H2,1-7H3/t29-,30-,33?/m0/s1. The number of fused-ring (bicyclic) bond motifs is 2. The molecule has 1 unspecified atom stereocenters. The molecule has 0 amide bonds. The Kier molecular flexibility index (Phi) is 8.92. The number of benzene rings is 3. The van der Waals surface area contributed by atoms with E-state index in [0.29, 0.717) is 40.9 Å². The fraction of sp³-hybridized carbons (Fsp3) is 0.436. The predicted molar refractivity (Wildman–Crippen MR) is 184 cm³/mol. The maximum Gasteiger partial charge on any atom is 0.208 e. The Balaban J connectivity index is 1.47. The van der Waals surface area contributed by atoms with Crippen molar-refractivity contribution in [2.75, 3.05) is 62.7 Å². The molecule has 9 heteroatoms. The topological polar surface area (TPSA) is 71.1 Å². The van der Waals surface area contributed by atoms with Gasteiger partial charge in [0.25, 0.3) is 0 Å². The maximum absolute atomic E-state index is 7.09. The summed E-state index contributed by atoms with van der Waals surface area (Å²) < 4.78 is 43.6. The van der Waals surface area contributed by atoms with Crippen LogP contribution >= 0.6 is 0 Å². The van der Waals surface area contributed by atoms with Gasteiger partial charge < -0.3 is 33.2 Å². The molecule has 1 aliphatic carbocycles. The van der Waals surface area contributed by atoms with Crippen molar-refractivity contribution in [2.45, 2.75) is 50.3 Å². The molecule has 6 bridgehead atoms. The molecule has 254 valence electrons. The zero-order chi connectivity index (χ0) is 33.5. The molecule has 3 atom stereocenters. The summed E-state index contributed by atoms with van der Waals surface area (Å²) in [6.07, 6.45) is 7.97. The Bertz CT molecular complexity index is 1750. The second-order valence-corrected chi connectivity index (χ2v) is 13.1. The highest BCUT2D eigenvalue weighted by Crippen LogP contribution is 2.56. The SMILES string of the molecule is COC1=CC=C2CC1Oc1ccc(cc1)C[C@H]1c3cc(c(OC)cc3CCN1C)Oc1c(OC)c(OC)c(OC)c3c1[C@H](C2)N(C)CC3. The number of hydrogen-bond acceptors (Lipinski definition) is 9. The fourth-order valence-corrected chi connectivity index (χ4v) is 7.89. The van der Waals surface area contributed by atoms with Crippen molar-refractivity contribution in [3.63, 3.8) is 0 Å². The van der Waals surface area contributed by atoms with Crippen LogP contribution in [0.5, 0.6) is 40.2 Å². The molecule has 0 fully saturated rings. The van der Waals surface area contributed by atoms with Crippen LogP contribution in [-0.2, 0) is 24.0 Å². The van der Waals surface area contributed by atoms with Gasteiger partial charge in [-0.15, -0.1) is 0 Å². The van der Waals surface area contributed by atoms with Crippen molar-refractivity contribution in [1.82, 2.24) is 9.80 Å². The van der Waals surface area contributed by atoms with Crippen LogP contribution in [-0.4, -0.2) is 78.6 Å². The molecular formula is C39H46N2O7. The van der Waals surface area contributed by atoms with Crippen LogP contribution < -0.4 is 28.4 Å². The third-order valence-electron chi connectivity index (χ3n) is 10.5. The molecule has 8 rings (SSSR count). The summed E-state index contributed by atoms with van der Waals surface area (Å²) in [4.78, 5) is 4.82. The summed E-state index contributed by atoms with van der Waals surface area (Å²) in [7, 11) is 12.8. The molecule has 3 aromatic rings. The van der Waals surface area contributed by atoms with Gasteiger partial charge in [-0.25, -0.2) is 0 Å². The van der Waals surface area contributed by atoms with Crippen LogP contribution in [0.3, 0.4) is 0 Å². The lowest BCUT2D eigenvalue weighted by molar-refractivity contribution is 0.141. The van der Waals surface area contributed by atoms with E-state index in [1.807, 2.05) is 6.08 Å². The van der Waals surface area contributed by atoms with Gasteiger partial charge >= 0.3 is 0 Å². The molecule has 0 saturated heterocycles. The van der Waals surface area contributed by atoms with Gasteiger partial charge in [-0.3, -0.25) is 9.80 Å².